The van der Waals surface area contributed by atoms with Gasteiger partial charge >= 0.3 is 5.97 Å². The van der Waals surface area contributed by atoms with Crippen LogP contribution in [0.3, 0.4) is 0 Å². The lowest BCUT2D eigenvalue weighted by Crippen LogP contribution is -2.38. The van der Waals surface area contributed by atoms with Crippen molar-refractivity contribution in [3.63, 3.8) is 0 Å². The molecule has 1 aromatic rings. The molecule has 0 saturated carbocycles. The molecule has 2 aliphatic heterocycles. The number of carbonyl (C=O) groups excluding carboxylic acids is 2. The molecule has 2 aliphatic rings. The molecule has 0 fully saturated rings. The molecule has 0 bridgehead atoms. The average Bonchev–Trinajstić information content (AvgIpc) is 2.66. The Labute approximate surface area is 157 Å². The van der Waals surface area contributed by atoms with E-state index in [2.05, 4.69) is 9.71 Å². The molecule has 3 rings (SSSR count). The third kappa shape index (κ3) is 4.62. The summed E-state index contributed by atoms with van der Waals surface area (Å²) in [4.78, 5) is 26.0. The van der Waals surface area contributed by atoms with Gasteiger partial charge in [-0.2, -0.15) is 0 Å². The van der Waals surface area contributed by atoms with Gasteiger partial charge < -0.3 is 15.0 Å². The number of fused-ring (bicyclic) bond motifs is 1. The maximum absolute atomic E-state index is 12.7. The summed E-state index contributed by atoms with van der Waals surface area (Å²) >= 11 is 0. The van der Waals surface area contributed by atoms with Crippen LogP contribution in [0.25, 0.3) is 0 Å². The first-order chi connectivity index (χ1) is 12.9. The zero-order valence-electron chi connectivity index (χ0n) is 14.7. The maximum Gasteiger partial charge on any atom is 0.307 e. The van der Waals surface area contributed by atoms with Crippen LogP contribution in [0.1, 0.15) is 18.0 Å². The van der Waals surface area contributed by atoms with Gasteiger partial charge in [-0.15, -0.1) is 4.40 Å². The number of carbonyl (C=O) groups is 2. The van der Waals surface area contributed by atoms with E-state index in [9.17, 15) is 18.0 Å². The molecule has 1 unspecified atom stereocenters. The number of benzene rings is 1. The zero-order chi connectivity index (χ0) is 19.4. The molecule has 27 heavy (non-hydrogen) atoms. The Hall–Kier alpha value is -2.94. The van der Waals surface area contributed by atoms with Gasteiger partial charge in [0.25, 0.3) is 15.9 Å². The highest BCUT2D eigenvalue weighted by molar-refractivity contribution is 7.90. The van der Waals surface area contributed by atoms with Crippen LogP contribution in [-0.4, -0.2) is 50.4 Å². The molecule has 142 valence electrons. The number of amidine groups is 1. The number of hydrogen-bond donors (Lipinski definition) is 1. The van der Waals surface area contributed by atoms with Gasteiger partial charge in [0.1, 0.15) is 5.84 Å². The Bertz CT molecular complexity index is 935. The van der Waals surface area contributed by atoms with Crippen molar-refractivity contribution in [1.82, 2.24) is 10.2 Å². The highest BCUT2D eigenvalue weighted by Gasteiger charge is 2.26. The SMILES string of the molecule is COC(=O)CC(NC(=O)C1=CN2CCS(=O)(=O)N=C2C=C1)c1ccccc1. The summed E-state index contributed by atoms with van der Waals surface area (Å²) < 4.78 is 31.5. The summed E-state index contributed by atoms with van der Waals surface area (Å²) in [7, 11) is -2.15. The fourth-order valence-electron chi connectivity index (χ4n) is 2.76. The summed E-state index contributed by atoms with van der Waals surface area (Å²) in [6.45, 7) is 0.229. The fraction of sp³-hybridized carbons (Fsp3) is 0.278. The smallest absolute Gasteiger partial charge is 0.307 e. The number of rotatable bonds is 5. The predicted molar refractivity (Wildman–Crippen MR) is 99.1 cm³/mol. The summed E-state index contributed by atoms with van der Waals surface area (Å²) in [5, 5.41) is 2.84. The molecule has 0 radical (unpaired) electrons. The van der Waals surface area contributed by atoms with Gasteiger partial charge in [0.15, 0.2) is 0 Å². The maximum atomic E-state index is 12.7. The van der Waals surface area contributed by atoms with E-state index in [1.54, 1.807) is 11.1 Å². The minimum Gasteiger partial charge on any atom is -0.469 e. The molecule has 0 aromatic heterocycles. The van der Waals surface area contributed by atoms with E-state index in [-0.39, 0.29) is 30.5 Å². The van der Waals surface area contributed by atoms with Crippen molar-refractivity contribution in [1.29, 1.82) is 0 Å². The van der Waals surface area contributed by atoms with Crippen molar-refractivity contribution in [2.24, 2.45) is 4.40 Å². The molecule has 1 aromatic carbocycles. The van der Waals surface area contributed by atoms with Crippen molar-refractivity contribution in [3.8, 4) is 0 Å². The molecule has 1 atom stereocenters. The summed E-state index contributed by atoms with van der Waals surface area (Å²) in [5.41, 5.74) is 1.13. The first-order valence-electron chi connectivity index (χ1n) is 8.30. The fourth-order valence-corrected chi connectivity index (χ4v) is 3.73. The van der Waals surface area contributed by atoms with Crippen LogP contribution in [0.4, 0.5) is 0 Å². The van der Waals surface area contributed by atoms with E-state index in [0.717, 1.165) is 5.56 Å². The molecule has 0 saturated heterocycles. The zero-order valence-corrected chi connectivity index (χ0v) is 15.5. The van der Waals surface area contributed by atoms with E-state index >= 15 is 0 Å². The average molecular weight is 389 g/mol. The number of methoxy groups -OCH3 is 1. The van der Waals surface area contributed by atoms with Crippen molar-refractivity contribution in [2.75, 3.05) is 19.4 Å². The van der Waals surface area contributed by atoms with E-state index in [1.165, 1.54) is 19.3 Å². The van der Waals surface area contributed by atoms with Gasteiger partial charge in [-0.05, 0) is 17.7 Å². The van der Waals surface area contributed by atoms with E-state index < -0.39 is 22.0 Å². The second kappa shape index (κ2) is 7.75. The first-order valence-corrected chi connectivity index (χ1v) is 9.91. The monoisotopic (exact) mass is 389 g/mol. The number of sulfonamides is 1. The van der Waals surface area contributed by atoms with Crippen LogP contribution in [0, 0.1) is 0 Å². The van der Waals surface area contributed by atoms with Gasteiger partial charge in [0, 0.05) is 12.7 Å². The molecular weight excluding hydrogens is 370 g/mol. The predicted octanol–water partition coefficient (Wildman–Crippen LogP) is 0.905. The first kappa shape index (κ1) is 18.8. The Morgan fingerprint density at radius 3 is 2.70 bits per heavy atom. The molecule has 0 spiro atoms. The number of hydrogen-bond acceptors (Lipinski definition) is 6. The molecule has 1 N–H and O–H groups in total. The lowest BCUT2D eigenvalue weighted by Gasteiger charge is -2.27. The van der Waals surface area contributed by atoms with Crippen molar-refractivity contribution in [2.45, 2.75) is 12.5 Å². The number of ether oxygens (including phenoxy) is 1. The summed E-state index contributed by atoms with van der Waals surface area (Å²) in [6.07, 6.45) is 4.55. The molecule has 0 aliphatic carbocycles. The highest BCUT2D eigenvalue weighted by atomic mass is 32.2. The van der Waals surface area contributed by atoms with Crippen LogP contribution in [-0.2, 0) is 24.3 Å². The number of amides is 1. The Morgan fingerprint density at radius 1 is 1.26 bits per heavy atom. The van der Waals surface area contributed by atoms with Crippen LogP contribution >= 0.6 is 0 Å². The van der Waals surface area contributed by atoms with E-state index in [1.807, 2.05) is 30.3 Å². The minimum atomic E-state index is -3.45. The summed E-state index contributed by atoms with van der Waals surface area (Å²) in [5.74, 6) is -0.638. The van der Waals surface area contributed by atoms with Crippen molar-refractivity contribution < 1.29 is 22.7 Å². The Kier molecular flexibility index (Phi) is 5.41. The standard InChI is InChI=1S/C18H19N3O5S/c1-26-17(22)11-15(13-5-3-2-4-6-13)19-18(23)14-7-8-16-20-27(24,25)10-9-21(16)12-14/h2-8,12,15H,9-11H2,1H3,(H,19,23). The van der Waals surface area contributed by atoms with Crippen LogP contribution in [0.15, 0.2) is 58.7 Å². The van der Waals surface area contributed by atoms with Crippen LogP contribution in [0.2, 0.25) is 0 Å². The van der Waals surface area contributed by atoms with Gasteiger partial charge in [-0.25, -0.2) is 8.42 Å². The van der Waals surface area contributed by atoms with Crippen LogP contribution < -0.4 is 5.32 Å². The number of nitrogens with one attached hydrogen (secondary N) is 1. The third-order valence-corrected chi connectivity index (χ3v) is 5.36. The van der Waals surface area contributed by atoms with E-state index in [0.29, 0.717) is 5.57 Å². The van der Waals surface area contributed by atoms with E-state index in [4.69, 9.17) is 4.74 Å². The quantitative estimate of drug-likeness (QED) is 0.751. The topological polar surface area (TPSA) is 105 Å². The van der Waals surface area contributed by atoms with Crippen molar-refractivity contribution in [3.05, 3.63) is 59.8 Å². The highest BCUT2D eigenvalue weighted by Crippen LogP contribution is 2.20. The van der Waals surface area contributed by atoms with Crippen LogP contribution in [0.5, 0.6) is 0 Å². The molecule has 1 amide bonds. The molecule has 9 heteroatoms. The normalized spacial score (nSPS) is 18.6. The lowest BCUT2D eigenvalue weighted by molar-refractivity contribution is -0.141. The molecule has 2 heterocycles. The third-order valence-electron chi connectivity index (χ3n) is 4.19. The number of nitrogens with zero attached hydrogens (tertiary/aromatic N) is 2. The second-order valence-electron chi connectivity index (χ2n) is 6.06. The second-order valence-corrected chi connectivity index (χ2v) is 7.82. The van der Waals surface area contributed by atoms with Gasteiger partial charge in [0.2, 0.25) is 0 Å². The number of esters is 1. The molecule has 8 nitrogen and oxygen atoms in total. The van der Waals surface area contributed by atoms with Gasteiger partial charge in [0.05, 0.1) is 30.9 Å². The largest absolute Gasteiger partial charge is 0.469 e. The Morgan fingerprint density at radius 2 is 2.00 bits per heavy atom. The molecular formula is C18H19N3O5S. The minimum absolute atomic E-state index is 0.00207. The Balaban J connectivity index is 1.77. The van der Waals surface area contributed by atoms with Crippen molar-refractivity contribution >= 4 is 27.7 Å². The van der Waals surface area contributed by atoms with Gasteiger partial charge in [-0.3, -0.25) is 9.59 Å². The van der Waals surface area contributed by atoms with Gasteiger partial charge in [-0.1, -0.05) is 30.3 Å². The summed E-state index contributed by atoms with van der Waals surface area (Å²) in [6, 6.07) is 8.58. The lowest BCUT2D eigenvalue weighted by atomic mass is 10.0.